The van der Waals surface area contributed by atoms with Gasteiger partial charge in [-0.3, -0.25) is 14.5 Å². The van der Waals surface area contributed by atoms with Crippen molar-refractivity contribution in [2.75, 3.05) is 16.0 Å². The van der Waals surface area contributed by atoms with Gasteiger partial charge in [0.25, 0.3) is 0 Å². The Morgan fingerprint density at radius 3 is 2.64 bits per heavy atom. The molecule has 1 aliphatic rings. The van der Waals surface area contributed by atoms with Crippen molar-refractivity contribution in [3.05, 3.63) is 59.7 Å². The quantitative estimate of drug-likeness (QED) is 0.810. The summed E-state index contributed by atoms with van der Waals surface area (Å²) in [6.07, 6.45) is 0. The number of carbonyl (C=O) groups excluding carboxylic acids is 2. The fourth-order valence-electron chi connectivity index (χ4n) is 2.81. The number of aryl methyl sites for hydroxylation is 1. The van der Waals surface area contributed by atoms with E-state index in [1.165, 1.54) is 0 Å². The first-order valence-electron chi connectivity index (χ1n) is 8.02. The maximum atomic E-state index is 12.5. The number of para-hydroxylation sites is 2. The summed E-state index contributed by atoms with van der Waals surface area (Å²) in [5, 5.41) is 2.06. The number of hydrogen-bond donors (Lipinski definition) is 1. The van der Waals surface area contributed by atoms with Crippen molar-refractivity contribution in [2.24, 2.45) is 0 Å². The van der Waals surface area contributed by atoms with Gasteiger partial charge in [-0.15, -0.1) is 23.4 Å². The van der Waals surface area contributed by atoms with Crippen LogP contribution in [0.5, 0.6) is 0 Å². The van der Waals surface area contributed by atoms with Crippen LogP contribution in [0.3, 0.4) is 0 Å². The zero-order valence-electron chi connectivity index (χ0n) is 14.0. The second kappa shape index (κ2) is 7.50. The minimum Gasteiger partial charge on any atom is -0.324 e. The van der Waals surface area contributed by atoms with Gasteiger partial charge in [0.15, 0.2) is 0 Å². The number of nitrogens with zero attached hydrogens (tertiary/aromatic N) is 1. The minimum atomic E-state index is -0.626. The number of benzene rings is 2. The molecule has 0 bridgehead atoms. The number of hydrogen-bond acceptors (Lipinski definition) is 3. The molecule has 0 aliphatic carbocycles. The van der Waals surface area contributed by atoms with Crippen molar-refractivity contribution in [3.63, 3.8) is 0 Å². The van der Waals surface area contributed by atoms with Crippen molar-refractivity contribution in [1.29, 1.82) is 0 Å². The number of alkyl halides is 1. The molecule has 1 saturated heterocycles. The van der Waals surface area contributed by atoms with Gasteiger partial charge in [0.2, 0.25) is 11.8 Å². The van der Waals surface area contributed by atoms with Crippen molar-refractivity contribution in [3.8, 4) is 0 Å². The normalized spacial score (nSPS) is 18.3. The Balaban J connectivity index is 1.99. The van der Waals surface area contributed by atoms with Crippen molar-refractivity contribution >= 4 is 46.6 Å². The molecule has 0 radical (unpaired) electrons. The lowest BCUT2D eigenvalue weighted by Gasteiger charge is -2.27. The first-order chi connectivity index (χ1) is 12.0. The number of rotatable bonds is 4. The highest BCUT2D eigenvalue weighted by atomic mass is 35.5. The first kappa shape index (κ1) is 17.8. The van der Waals surface area contributed by atoms with Gasteiger partial charge in [-0.2, -0.15) is 0 Å². The van der Waals surface area contributed by atoms with Crippen molar-refractivity contribution in [1.82, 2.24) is 0 Å². The summed E-state index contributed by atoms with van der Waals surface area (Å²) in [5.41, 5.74) is 3.52. The van der Waals surface area contributed by atoms with E-state index in [9.17, 15) is 9.59 Å². The summed E-state index contributed by atoms with van der Waals surface area (Å²) in [4.78, 5) is 26.4. The van der Waals surface area contributed by atoms with Gasteiger partial charge in [0.05, 0.1) is 5.75 Å². The van der Waals surface area contributed by atoms with Crippen LogP contribution >= 0.6 is 23.4 Å². The molecule has 2 amide bonds. The van der Waals surface area contributed by atoms with Gasteiger partial charge < -0.3 is 5.32 Å². The van der Waals surface area contributed by atoms with Crippen LogP contribution in [0, 0.1) is 6.92 Å². The smallest absolute Gasteiger partial charge is 0.242 e. The molecule has 0 spiro atoms. The highest BCUT2D eigenvalue weighted by molar-refractivity contribution is 8.00. The monoisotopic (exact) mass is 374 g/mol. The number of halogens is 1. The predicted molar refractivity (Wildman–Crippen MR) is 104 cm³/mol. The third-order valence-electron chi connectivity index (χ3n) is 4.09. The lowest BCUT2D eigenvalue weighted by molar-refractivity contribution is -0.116. The molecule has 2 aromatic rings. The maximum absolute atomic E-state index is 12.5. The summed E-state index contributed by atoms with van der Waals surface area (Å²) in [6, 6.07) is 15.4. The second-order valence-electron chi connectivity index (χ2n) is 5.91. The van der Waals surface area contributed by atoms with Crippen molar-refractivity contribution < 1.29 is 9.59 Å². The van der Waals surface area contributed by atoms with Gasteiger partial charge in [0, 0.05) is 16.9 Å². The predicted octanol–water partition coefficient (Wildman–Crippen LogP) is 4.34. The van der Waals surface area contributed by atoms with Crippen LogP contribution in [0.25, 0.3) is 0 Å². The molecule has 2 atom stereocenters. The van der Waals surface area contributed by atoms with Crippen LogP contribution in [0.15, 0.2) is 48.5 Å². The van der Waals surface area contributed by atoms with Crippen LogP contribution in [0.2, 0.25) is 0 Å². The van der Waals surface area contributed by atoms with E-state index >= 15 is 0 Å². The lowest BCUT2D eigenvalue weighted by Crippen LogP contribution is -2.29. The van der Waals surface area contributed by atoms with E-state index in [0.717, 1.165) is 16.8 Å². The molecule has 4 nitrogen and oxygen atoms in total. The van der Waals surface area contributed by atoms with Crippen LogP contribution in [-0.2, 0) is 9.59 Å². The number of nitrogens with one attached hydrogen (secondary N) is 1. The molecule has 2 aromatic carbocycles. The molecule has 1 fully saturated rings. The van der Waals surface area contributed by atoms with Crippen LogP contribution in [-0.4, -0.2) is 22.9 Å². The van der Waals surface area contributed by atoms with E-state index < -0.39 is 5.38 Å². The van der Waals surface area contributed by atoms with Crippen LogP contribution in [0.1, 0.15) is 23.4 Å². The number of thioether (sulfide) groups is 1. The van der Waals surface area contributed by atoms with E-state index in [2.05, 4.69) is 5.32 Å². The van der Waals surface area contributed by atoms with Gasteiger partial charge in [-0.25, -0.2) is 0 Å². The molecule has 0 aromatic heterocycles. The van der Waals surface area contributed by atoms with Crippen LogP contribution < -0.4 is 10.2 Å². The Labute approximate surface area is 156 Å². The van der Waals surface area contributed by atoms with E-state index in [0.29, 0.717) is 11.4 Å². The fourth-order valence-corrected chi connectivity index (χ4v) is 4.07. The summed E-state index contributed by atoms with van der Waals surface area (Å²) < 4.78 is 0. The summed E-state index contributed by atoms with van der Waals surface area (Å²) in [5.74, 6) is 0.217. The SMILES string of the molecule is Cc1ccccc1N1C(=O)CS[C@H]1c1ccccc1NC(=O)[C@@H](C)Cl. The summed E-state index contributed by atoms with van der Waals surface area (Å²) >= 11 is 7.43. The summed E-state index contributed by atoms with van der Waals surface area (Å²) in [6.45, 7) is 3.62. The topological polar surface area (TPSA) is 49.4 Å². The van der Waals surface area contributed by atoms with Gasteiger partial charge in [-0.05, 0) is 31.5 Å². The standard InChI is InChI=1S/C19H19ClN2O2S/c1-12-7-3-6-10-16(12)22-17(23)11-25-19(22)14-8-4-5-9-15(14)21-18(24)13(2)20/h3-10,13,19H,11H2,1-2H3,(H,21,24)/t13-,19+/m1/s1. The van der Waals surface area contributed by atoms with Gasteiger partial charge >= 0.3 is 0 Å². The molecule has 130 valence electrons. The average molecular weight is 375 g/mol. The van der Waals surface area contributed by atoms with Gasteiger partial charge in [-0.1, -0.05) is 36.4 Å². The summed E-state index contributed by atoms with van der Waals surface area (Å²) in [7, 11) is 0. The number of anilines is 2. The molecule has 1 heterocycles. The molecule has 6 heteroatoms. The van der Waals surface area contributed by atoms with Gasteiger partial charge in [0.1, 0.15) is 10.8 Å². The van der Waals surface area contributed by atoms with E-state index in [1.54, 1.807) is 18.7 Å². The zero-order valence-corrected chi connectivity index (χ0v) is 15.6. The Hall–Kier alpha value is -1.98. The molecule has 0 unspecified atom stereocenters. The van der Waals surface area contributed by atoms with E-state index in [-0.39, 0.29) is 17.2 Å². The fraction of sp³-hybridized carbons (Fsp3) is 0.263. The molecule has 0 saturated carbocycles. The molecular formula is C19H19ClN2O2S. The molecule has 3 rings (SSSR count). The first-order valence-corrected chi connectivity index (χ1v) is 9.50. The molecule has 1 aliphatic heterocycles. The average Bonchev–Trinajstić information content (AvgIpc) is 2.97. The highest BCUT2D eigenvalue weighted by Gasteiger charge is 2.36. The lowest BCUT2D eigenvalue weighted by atomic mass is 10.1. The van der Waals surface area contributed by atoms with E-state index in [1.807, 2.05) is 60.4 Å². The largest absolute Gasteiger partial charge is 0.324 e. The van der Waals surface area contributed by atoms with E-state index in [4.69, 9.17) is 11.6 Å². The Morgan fingerprint density at radius 1 is 1.24 bits per heavy atom. The minimum absolute atomic E-state index is 0.0659. The maximum Gasteiger partial charge on any atom is 0.242 e. The van der Waals surface area contributed by atoms with Crippen LogP contribution in [0.4, 0.5) is 11.4 Å². The molecular weight excluding hydrogens is 356 g/mol. The molecule has 1 N–H and O–H groups in total. The second-order valence-corrected chi connectivity index (χ2v) is 7.63. The zero-order chi connectivity index (χ0) is 18.0. The number of amides is 2. The molecule has 25 heavy (non-hydrogen) atoms. The third kappa shape index (κ3) is 3.67. The Bertz CT molecular complexity index is 810. The number of carbonyl (C=O) groups is 2. The highest BCUT2D eigenvalue weighted by Crippen LogP contribution is 2.44. The Kier molecular flexibility index (Phi) is 5.35. The van der Waals surface area contributed by atoms with Crippen molar-refractivity contribution in [2.45, 2.75) is 24.6 Å². The third-order valence-corrected chi connectivity index (χ3v) is 5.48. The Morgan fingerprint density at radius 2 is 1.92 bits per heavy atom.